The number of nitrogens with one attached hydrogen (secondary N) is 1. The number of amides is 2. The van der Waals surface area contributed by atoms with E-state index in [1.807, 2.05) is 30.3 Å². The molecule has 1 N–H and O–H groups in total. The molecule has 0 spiro atoms. The van der Waals surface area contributed by atoms with E-state index in [2.05, 4.69) is 34.5 Å². The number of aromatic nitrogens is 4. The number of hydrogen-bond acceptors (Lipinski definition) is 5. The van der Waals surface area contributed by atoms with E-state index in [0.717, 1.165) is 30.3 Å². The lowest BCUT2D eigenvalue weighted by atomic mass is 10.1. The number of pyridine rings is 1. The Balaban J connectivity index is 1.60. The molecule has 1 fully saturated rings. The Kier molecular flexibility index (Phi) is 6.25. The van der Waals surface area contributed by atoms with E-state index in [9.17, 15) is 9.59 Å². The molecule has 4 rings (SSSR count). The minimum Gasteiger partial charge on any atom is -0.354 e. The van der Waals surface area contributed by atoms with Gasteiger partial charge in [0.15, 0.2) is 0 Å². The first-order valence-corrected chi connectivity index (χ1v) is 10.8. The third-order valence-corrected chi connectivity index (χ3v) is 5.48. The van der Waals surface area contributed by atoms with Gasteiger partial charge in [0.05, 0.1) is 5.52 Å². The monoisotopic (exact) mass is 420 g/mol. The van der Waals surface area contributed by atoms with Crippen LogP contribution in [0.3, 0.4) is 0 Å². The standard InChI is InChI=1S/C23H28N6O2/c1-16(2)11-13-25-23(31)22(17-6-5-12-24-14-17)29(18-9-10-18)21(30)15-28-20-8-4-3-7-19(20)26-27-28/h3-8,12,14,16,18,22H,9-11,13,15H2,1-2H3,(H,25,31)/t22-/m1/s1. The quantitative estimate of drug-likeness (QED) is 0.575. The molecule has 2 aromatic heterocycles. The number of hydrogen-bond donors (Lipinski definition) is 1. The van der Waals surface area contributed by atoms with E-state index < -0.39 is 6.04 Å². The van der Waals surface area contributed by atoms with Crippen molar-refractivity contribution in [2.75, 3.05) is 6.54 Å². The molecule has 8 nitrogen and oxygen atoms in total. The molecule has 2 amide bonds. The summed E-state index contributed by atoms with van der Waals surface area (Å²) in [6.45, 7) is 4.85. The summed E-state index contributed by atoms with van der Waals surface area (Å²) in [7, 11) is 0. The molecule has 162 valence electrons. The number of carbonyl (C=O) groups is 2. The molecule has 0 saturated heterocycles. The Morgan fingerprint density at radius 1 is 1.19 bits per heavy atom. The van der Waals surface area contributed by atoms with Gasteiger partial charge in [-0.15, -0.1) is 5.10 Å². The normalized spacial score (nSPS) is 14.5. The lowest BCUT2D eigenvalue weighted by Crippen LogP contribution is -2.46. The van der Waals surface area contributed by atoms with Gasteiger partial charge in [-0.25, -0.2) is 4.68 Å². The van der Waals surface area contributed by atoms with E-state index >= 15 is 0 Å². The Morgan fingerprint density at radius 2 is 2.00 bits per heavy atom. The summed E-state index contributed by atoms with van der Waals surface area (Å²) in [5.41, 5.74) is 2.25. The van der Waals surface area contributed by atoms with Crippen LogP contribution in [0.4, 0.5) is 0 Å². The van der Waals surface area contributed by atoms with Gasteiger partial charge in [-0.05, 0) is 43.4 Å². The zero-order valence-electron chi connectivity index (χ0n) is 17.9. The first-order chi connectivity index (χ1) is 15.0. The van der Waals surface area contributed by atoms with Gasteiger partial charge < -0.3 is 10.2 Å². The van der Waals surface area contributed by atoms with Crippen LogP contribution in [0.15, 0.2) is 48.8 Å². The zero-order valence-corrected chi connectivity index (χ0v) is 17.9. The Bertz CT molecular complexity index is 1040. The van der Waals surface area contributed by atoms with E-state index in [-0.39, 0.29) is 24.4 Å². The number of rotatable bonds is 9. The van der Waals surface area contributed by atoms with Crippen molar-refractivity contribution in [3.63, 3.8) is 0 Å². The largest absolute Gasteiger partial charge is 0.354 e. The second-order valence-electron chi connectivity index (χ2n) is 8.43. The van der Waals surface area contributed by atoms with E-state index in [4.69, 9.17) is 0 Å². The van der Waals surface area contributed by atoms with Crippen LogP contribution in [0, 0.1) is 5.92 Å². The van der Waals surface area contributed by atoms with Crippen LogP contribution in [0.5, 0.6) is 0 Å². The van der Waals surface area contributed by atoms with Gasteiger partial charge in [0.25, 0.3) is 0 Å². The lowest BCUT2D eigenvalue weighted by Gasteiger charge is -2.31. The van der Waals surface area contributed by atoms with Crippen molar-refractivity contribution in [1.82, 2.24) is 30.2 Å². The molecule has 1 aliphatic rings. The first-order valence-electron chi connectivity index (χ1n) is 10.8. The summed E-state index contributed by atoms with van der Waals surface area (Å²) in [5, 5.41) is 11.3. The predicted octanol–water partition coefficient (Wildman–Crippen LogP) is 2.72. The van der Waals surface area contributed by atoms with Crippen molar-refractivity contribution in [2.24, 2.45) is 5.92 Å². The summed E-state index contributed by atoms with van der Waals surface area (Å²) >= 11 is 0. The Hall–Kier alpha value is -3.29. The SMILES string of the molecule is CC(C)CCNC(=O)[C@@H](c1cccnc1)N(C(=O)Cn1nnc2ccccc21)C1CC1. The maximum atomic E-state index is 13.5. The second-order valence-corrected chi connectivity index (χ2v) is 8.43. The average molecular weight is 421 g/mol. The van der Waals surface area contributed by atoms with Crippen LogP contribution >= 0.6 is 0 Å². The van der Waals surface area contributed by atoms with Crippen molar-refractivity contribution in [1.29, 1.82) is 0 Å². The summed E-state index contributed by atoms with van der Waals surface area (Å²) < 4.78 is 1.60. The highest BCUT2D eigenvalue weighted by Crippen LogP contribution is 2.35. The van der Waals surface area contributed by atoms with Crippen LogP contribution in [-0.2, 0) is 16.1 Å². The first kappa shape index (κ1) is 21.0. The number of nitrogens with zero attached hydrogens (tertiary/aromatic N) is 5. The minimum absolute atomic E-state index is 0.0348. The van der Waals surface area contributed by atoms with Crippen LogP contribution in [0.2, 0.25) is 0 Å². The van der Waals surface area contributed by atoms with Crippen molar-refractivity contribution >= 4 is 22.8 Å². The fourth-order valence-electron chi connectivity index (χ4n) is 3.71. The van der Waals surface area contributed by atoms with Gasteiger partial charge in [-0.1, -0.05) is 37.3 Å². The summed E-state index contributed by atoms with van der Waals surface area (Å²) in [5.74, 6) is 0.169. The Morgan fingerprint density at radius 3 is 2.71 bits per heavy atom. The maximum absolute atomic E-state index is 13.5. The third-order valence-electron chi connectivity index (χ3n) is 5.48. The van der Waals surface area contributed by atoms with Crippen molar-refractivity contribution in [3.05, 3.63) is 54.4 Å². The number of fused-ring (bicyclic) bond motifs is 1. The number of para-hydroxylation sites is 1. The van der Waals surface area contributed by atoms with Gasteiger partial charge in [0.2, 0.25) is 11.8 Å². The van der Waals surface area contributed by atoms with Gasteiger partial charge in [0, 0.05) is 30.5 Å². The maximum Gasteiger partial charge on any atom is 0.247 e. The molecule has 2 heterocycles. The fourth-order valence-corrected chi connectivity index (χ4v) is 3.71. The summed E-state index contributed by atoms with van der Waals surface area (Å²) in [6, 6.07) is 10.5. The average Bonchev–Trinajstić information content (AvgIpc) is 3.52. The van der Waals surface area contributed by atoms with E-state index in [0.29, 0.717) is 18.0 Å². The topological polar surface area (TPSA) is 93.0 Å². The molecule has 0 radical (unpaired) electrons. The highest BCUT2D eigenvalue weighted by atomic mass is 16.2. The lowest BCUT2D eigenvalue weighted by molar-refractivity contribution is -0.142. The molecule has 1 aliphatic carbocycles. The molecular weight excluding hydrogens is 392 g/mol. The fraction of sp³-hybridized carbons (Fsp3) is 0.435. The molecule has 1 saturated carbocycles. The minimum atomic E-state index is -0.712. The molecule has 0 unspecified atom stereocenters. The third kappa shape index (κ3) is 4.90. The predicted molar refractivity (Wildman–Crippen MR) is 117 cm³/mol. The van der Waals surface area contributed by atoms with Crippen LogP contribution < -0.4 is 5.32 Å². The molecule has 1 atom stereocenters. The van der Waals surface area contributed by atoms with Crippen molar-refractivity contribution < 1.29 is 9.59 Å². The molecule has 8 heteroatoms. The van der Waals surface area contributed by atoms with Crippen LogP contribution in [-0.4, -0.2) is 49.3 Å². The van der Waals surface area contributed by atoms with Crippen LogP contribution in [0.25, 0.3) is 11.0 Å². The summed E-state index contributed by atoms with van der Waals surface area (Å²) in [6.07, 6.45) is 6.00. The molecule has 3 aromatic rings. The molecular formula is C23H28N6O2. The highest BCUT2D eigenvalue weighted by molar-refractivity contribution is 5.89. The Labute approximate surface area is 181 Å². The zero-order chi connectivity index (χ0) is 21.8. The molecule has 1 aromatic carbocycles. The van der Waals surface area contributed by atoms with E-state index in [1.54, 1.807) is 28.0 Å². The highest BCUT2D eigenvalue weighted by Gasteiger charge is 2.41. The van der Waals surface area contributed by atoms with Crippen LogP contribution in [0.1, 0.15) is 44.7 Å². The van der Waals surface area contributed by atoms with Crippen molar-refractivity contribution in [3.8, 4) is 0 Å². The number of benzene rings is 1. The molecule has 31 heavy (non-hydrogen) atoms. The van der Waals surface area contributed by atoms with Gasteiger partial charge in [-0.2, -0.15) is 0 Å². The molecule has 0 aliphatic heterocycles. The summed E-state index contributed by atoms with van der Waals surface area (Å²) in [4.78, 5) is 32.6. The smallest absolute Gasteiger partial charge is 0.247 e. The van der Waals surface area contributed by atoms with Gasteiger partial charge >= 0.3 is 0 Å². The molecule has 0 bridgehead atoms. The van der Waals surface area contributed by atoms with E-state index in [1.165, 1.54) is 0 Å². The van der Waals surface area contributed by atoms with Gasteiger partial charge in [0.1, 0.15) is 18.1 Å². The van der Waals surface area contributed by atoms with Gasteiger partial charge in [-0.3, -0.25) is 14.6 Å². The second kappa shape index (κ2) is 9.24. The number of carbonyl (C=O) groups excluding carboxylic acids is 2. The van der Waals surface area contributed by atoms with Crippen molar-refractivity contribution in [2.45, 2.75) is 51.7 Å².